The van der Waals surface area contributed by atoms with Gasteiger partial charge in [0.25, 0.3) is 0 Å². The van der Waals surface area contributed by atoms with E-state index in [0.29, 0.717) is 36.2 Å². The Bertz CT molecular complexity index is 999. The van der Waals surface area contributed by atoms with Crippen molar-refractivity contribution in [3.63, 3.8) is 0 Å². The summed E-state index contributed by atoms with van der Waals surface area (Å²) >= 11 is 0. The van der Waals surface area contributed by atoms with Gasteiger partial charge in [-0.25, -0.2) is 9.59 Å². The Hall–Kier alpha value is -1.62. The van der Waals surface area contributed by atoms with Crippen LogP contribution in [0.4, 0.5) is 0 Å². The Kier molecular flexibility index (Phi) is 5.79. The molecule has 36 heavy (non-hydrogen) atoms. The second-order valence-corrected chi connectivity index (χ2v) is 13.9. The Morgan fingerprint density at radius 1 is 0.917 bits per heavy atom. The van der Waals surface area contributed by atoms with Crippen molar-refractivity contribution < 1.29 is 23.8 Å². The quantitative estimate of drug-likeness (QED) is 0.178. The van der Waals surface area contributed by atoms with E-state index in [1.165, 1.54) is 25.7 Å². The molecule has 0 aliphatic heterocycles. The SMILES string of the molecule is C=C(C)C(=O)OC1(C)CC2CCC1(COC/C=C(/C)C(=O)OC1(C)CC3CC1C1C4CCC(C4)[C@H]31)C2. The van der Waals surface area contributed by atoms with Gasteiger partial charge in [-0.3, -0.25) is 0 Å². The van der Waals surface area contributed by atoms with Crippen LogP contribution >= 0.6 is 0 Å². The topological polar surface area (TPSA) is 61.8 Å². The summed E-state index contributed by atoms with van der Waals surface area (Å²) < 4.78 is 18.4. The molecule has 6 bridgehead atoms. The number of hydrogen-bond acceptors (Lipinski definition) is 5. The van der Waals surface area contributed by atoms with Gasteiger partial charge in [-0.15, -0.1) is 0 Å². The number of fused-ring (bicyclic) bond motifs is 11. The Morgan fingerprint density at radius 2 is 1.67 bits per heavy atom. The van der Waals surface area contributed by atoms with Gasteiger partial charge < -0.3 is 14.2 Å². The van der Waals surface area contributed by atoms with E-state index >= 15 is 0 Å². The minimum absolute atomic E-state index is 0.154. The van der Waals surface area contributed by atoms with Crippen molar-refractivity contribution in [2.75, 3.05) is 13.2 Å². The highest BCUT2D eigenvalue weighted by Crippen LogP contribution is 2.70. The smallest absolute Gasteiger partial charge is 0.334 e. The van der Waals surface area contributed by atoms with E-state index in [-0.39, 0.29) is 23.0 Å². The molecule has 6 fully saturated rings. The van der Waals surface area contributed by atoms with Gasteiger partial charge in [0, 0.05) is 22.5 Å². The van der Waals surface area contributed by atoms with E-state index in [9.17, 15) is 9.59 Å². The van der Waals surface area contributed by atoms with Gasteiger partial charge in [0.2, 0.25) is 0 Å². The van der Waals surface area contributed by atoms with Crippen LogP contribution in [0.1, 0.15) is 85.5 Å². The number of carbonyl (C=O) groups excluding carboxylic acids is 2. The summed E-state index contributed by atoms with van der Waals surface area (Å²) in [7, 11) is 0. The first-order chi connectivity index (χ1) is 17.0. The lowest BCUT2D eigenvalue weighted by Gasteiger charge is -2.44. The average molecular weight is 497 g/mol. The number of rotatable bonds is 8. The van der Waals surface area contributed by atoms with Gasteiger partial charge >= 0.3 is 11.9 Å². The van der Waals surface area contributed by atoms with Gasteiger partial charge in [0.1, 0.15) is 11.2 Å². The summed E-state index contributed by atoms with van der Waals surface area (Å²) in [4.78, 5) is 25.4. The first-order valence-electron chi connectivity index (χ1n) is 14.4. The zero-order valence-corrected chi connectivity index (χ0v) is 22.6. The fourth-order valence-corrected chi connectivity index (χ4v) is 10.2. The predicted octanol–water partition coefficient (Wildman–Crippen LogP) is 6.02. The lowest BCUT2D eigenvalue weighted by molar-refractivity contribution is -0.173. The van der Waals surface area contributed by atoms with Crippen LogP contribution in [0.3, 0.4) is 0 Å². The number of carbonyl (C=O) groups is 2. The molecule has 6 aliphatic carbocycles. The fraction of sp³-hybridized carbons (Fsp3) is 0.806. The van der Waals surface area contributed by atoms with Crippen LogP contribution in [0, 0.1) is 46.8 Å². The maximum absolute atomic E-state index is 13.1. The van der Waals surface area contributed by atoms with Crippen LogP contribution in [0.5, 0.6) is 0 Å². The molecule has 10 atom stereocenters. The van der Waals surface area contributed by atoms with Crippen molar-refractivity contribution in [1.29, 1.82) is 0 Å². The molecule has 198 valence electrons. The third-order valence-corrected chi connectivity index (χ3v) is 11.8. The molecule has 0 heterocycles. The van der Waals surface area contributed by atoms with Crippen molar-refractivity contribution in [1.82, 2.24) is 0 Å². The molecule has 0 spiro atoms. The first kappa shape index (κ1) is 24.7. The van der Waals surface area contributed by atoms with Crippen molar-refractivity contribution in [2.24, 2.45) is 46.8 Å². The van der Waals surface area contributed by atoms with E-state index < -0.39 is 5.60 Å². The Balaban J connectivity index is 1.04. The van der Waals surface area contributed by atoms with Gasteiger partial charge in [-0.05, 0) is 127 Å². The molecule has 9 unspecified atom stereocenters. The van der Waals surface area contributed by atoms with E-state index in [1.54, 1.807) is 6.92 Å². The van der Waals surface area contributed by atoms with Gasteiger partial charge in [-0.2, -0.15) is 0 Å². The molecule has 0 aromatic carbocycles. The van der Waals surface area contributed by atoms with Crippen LogP contribution in [-0.4, -0.2) is 36.4 Å². The van der Waals surface area contributed by atoms with Crippen LogP contribution in [-0.2, 0) is 23.8 Å². The lowest BCUT2D eigenvalue weighted by atomic mass is 9.66. The molecule has 0 N–H and O–H groups in total. The molecule has 0 saturated heterocycles. The van der Waals surface area contributed by atoms with E-state index in [0.717, 1.165) is 61.7 Å². The minimum Gasteiger partial charge on any atom is -0.456 e. The van der Waals surface area contributed by atoms with Crippen molar-refractivity contribution in [2.45, 2.75) is 96.7 Å². The summed E-state index contributed by atoms with van der Waals surface area (Å²) in [6, 6.07) is 0. The first-order valence-corrected chi connectivity index (χ1v) is 14.4. The molecule has 0 amide bonds. The monoisotopic (exact) mass is 496 g/mol. The van der Waals surface area contributed by atoms with Gasteiger partial charge in [0.05, 0.1) is 13.2 Å². The lowest BCUT2D eigenvalue weighted by Crippen LogP contribution is -2.48. The predicted molar refractivity (Wildman–Crippen MR) is 137 cm³/mol. The highest BCUT2D eigenvalue weighted by molar-refractivity contribution is 5.88. The number of esters is 2. The third-order valence-electron chi connectivity index (χ3n) is 11.8. The van der Waals surface area contributed by atoms with Crippen molar-refractivity contribution >= 4 is 11.9 Å². The van der Waals surface area contributed by atoms with E-state index in [4.69, 9.17) is 14.2 Å². The molecule has 6 saturated carbocycles. The van der Waals surface area contributed by atoms with E-state index in [1.807, 2.05) is 13.0 Å². The zero-order chi connectivity index (χ0) is 25.5. The fourth-order valence-electron chi connectivity index (χ4n) is 10.2. The summed E-state index contributed by atoms with van der Waals surface area (Å²) in [5.41, 5.74) is 0.0940. The second kappa shape index (κ2) is 8.44. The Morgan fingerprint density at radius 3 is 2.39 bits per heavy atom. The number of ether oxygens (including phenoxy) is 3. The van der Waals surface area contributed by atoms with Crippen molar-refractivity contribution in [3.8, 4) is 0 Å². The summed E-state index contributed by atoms with van der Waals surface area (Å²) in [5.74, 6) is 4.93. The molecule has 6 rings (SSSR count). The molecule has 5 nitrogen and oxygen atoms in total. The summed E-state index contributed by atoms with van der Waals surface area (Å²) in [6.07, 6.45) is 12.5. The minimum atomic E-state index is -0.516. The molecule has 0 aromatic heterocycles. The van der Waals surface area contributed by atoms with Crippen LogP contribution in [0.2, 0.25) is 0 Å². The van der Waals surface area contributed by atoms with E-state index in [2.05, 4.69) is 20.4 Å². The molecular formula is C31H44O5. The summed E-state index contributed by atoms with van der Waals surface area (Å²) in [6.45, 7) is 12.5. The molecule has 6 aliphatic rings. The number of hydrogen-bond donors (Lipinski definition) is 0. The standard InChI is InChI=1S/C31H44O5/c1-18(2)27(32)36-30(5)14-20-8-10-31(30,15-20)17-34-11-9-19(3)28(33)35-29(4)16-23-13-24(29)26-22-7-6-21(12-22)25(23)26/h9,20-26H,1,6-8,10-17H2,2-5H3/b19-9-/t20?,21?,22?,23?,24?,25-,26?,29?,30?,31?/m1/s1. The van der Waals surface area contributed by atoms with Crippen molar-refractivity contribution in [3.05, 3.63) is 23.8 Å². The maximum atomic E-state index is 13.1. The highest BCUT2D eigenvalue weighted by atomic mass is 16.6. The molecular weight excluding hydrogens is 452 g/mol. The molecule has 0 aromatic rings. The second-order valence-electron chi connectivity index (χ2n) is 13.9. The molecule has 5 heteroatoms. The van der Waals surface area contributed by atoms with Gasteiger partial charge in [-0.1, -0.05) is 6.58 Å². The largest absolute Gasteiger partial charge is 0.456 e. The normalized spacial score (nSPS) is 47.9. The molecule has 0 radical (unpaired) electrons. The summed E-state index contributed by atoms with van der Waals surface area (Å²) in [5, 5.41) is 0. The highest BCUT2D eigenvalue weighted by Gasteiger charge is 2.67. The Labute approximate surface area is 216 Å². The maximum Gasteiger partial charge on any atom is 0.334 e. The zero-order valence-electron chi connectivity index (χ0n) is 22.6. The van der Waals surface area contributed by atoms with Crippen LogP contribution in [0.25, 0.3) is 0 Å². The van der Waals surface area contributed by atoms with Crippen LogP contribution in [0.15, 0.2) is 23.8 Å². The average Bonchev–Trinajstić information content (AvgIpc) is 3.63. The third kappa shape index (κ3) is 3.66. The van der Waals surface area contributed by atoms with Gasteiger partial charge in [0.15, 0.2) is 0 Å². The van der Waals surface area contributed by atoms with Crippen LogP contribution < -0.4 is 0 Å².